The first-order chi connectivity index (χ1) is 16.4. The lowest BCUT2D eigenvalue weighted by molar-refractivity contribution is -0.133. The van der Waals surface area contributed by atoms with E-state index >= 15 is 0 Å². The number of hydrogen-bond donors (Lipinski definition) is 1. The van der Waals surface area contributed by atoms with E-state index in [2.05, 4.69) is 36.1 Å². The number of hydrogen-bond acceptors (Lipinski definition) is 4. The van der Waals surface area contributed by atoms with E-state index in [0.29, 0.717) is 32.6 Å². The van der Waals surface area contributed by atoms with Gasteiger partial charge in [0.15, 0.2) is 0 Å². The van der Waals surface area contributed by atoms with Gasteiger partial charge in [0.1, 0.15) is 0 Å². The molecule has 1 aliphatic rings. The van der Waals surface area contributed by atoms with Gasteiger partial charge in [-0.15, -0.1) is 6.58 Å². The van der Waals surface area contributed by atoms with Crippen molar-refractivity contribution in [2.24, 2.45) is 0 Å². The van der Waals surface area contributed by atoms with Crippen LogP contribution in [-0.4, -0.2) is 56.8 Å². The molecule has 1 saturated heterocycles. The number of rotatable bonds is 12. The van der Waals surface area contributed by atoms with Crippen LogP contribution in [0.5, 0.6) is 0 Å². The standard InChI is InChI=1S/C27H34N2O4S/c1-4-17-33-18-15-27(30)29-16-14-25(28-34(31,32)6-3)26(29)20-21-10-9-12-23(19-21)24-13-8-7-11-22(24)5-2/h4-5,7-13,19,25-26,28H,1-2,6,14-18,20H2,3H3. The normalized spacial score (nSPS) is 18.1. The summed E-state index contributed by atoms with van der Waals surface area (Å²) >= 11 is 0. The van der Waals surface area contributed by atoms with Crippen LogP contribution in [0.2, 0.25) is 0 Å². The van der Waals surface area contributed by atoms with Crippen LogP contribution < -0.4 is 4.72 Å². The summed E-state index contributed by atoms with van der Waals surface area (Å²) in [4.78, 5) is 14.8. The summed E-state index contributed by atoms with van der Waals surface area (Å²) in [7, 11) is -3.40. The molecule has 1 N–H and O–H groups in total. The average molecular weight is 483 g/mol. The molecule has 0 saturated carbocycles. The van der Waals surface area contributed by atoms with Crippen molar-refractivity contribution < 1.29 is 17.9 Å². The summed E-state index contributed by atoms with van der Waals surface area (Å²) in [5.74, 6) is -0.0201. The fourth-order valence-electron chi connectivity index (χ4n) is 4.38. The fourth-order valence-corrected chi connectivity index (χ4v) is 5.28. The molecule has 2 aromatic carbocycles. The zero-order chi connectivity index (χ0) is 24.6. The van der Waals surface area contributed by atoms with Crippen molar-refractivity contribution in [3.63, 3.8) is 0 Å². The third-order valence-corrected chi connectivity index (χ3v) is 7.56. The van der Waals surface area contributed by atoms with E-state index in [9.17, 15) is 13.2 Å². The van der Waals surface area contributed by atoms with Crippen LogP contribution in [0.15, 0.2) is 67.8 Å². The van der Waals surface area contributed by atoms with Gasteiger partial charge >= 0.3 is 0 Å². The number of likely N-dealkylation sites (tertiary alicyclic amines) is 1. The fraction of sp³-hybridized carbons (Fsp3) is 0.370. The van der Waals surface area contributed by atoms with Gasteiger partial charge in [-0.3, -0.25) is 4.79 Å². The summed E-state index contributed by atoms with van der Waals surface area (Å²) in [5, 5.41) is 0. The molecule has 0 spiro atoms. The SMILES string of the molecule is C=CCOCCC(=O)N1CCC(NS(=O)(=O)CC)C1Cc1cccc(-c2ccccc2C=C)c1. The van der Waals surface area contributed by atoms with Crippen LogP contribution in [-0.2, 0) is 26.0 Å². The molecule has 1 fully saturated rings. The van der Waals surface area contributed by atoms with E-state index in [0.717, 1.165) is 22.3 Å². The maximum Gasteiger partial charge on any atom is 0.225 e. The van der Waals surface area contributed by atoms with Crippen molar-refractivity contribution in [2.75, 3.05) is 25.5 Å². The summed E-state index contributed by atoms with van der Waals surface area (Å²) < 4.78 is 32.9. The number of amides is 1. The number of nitrogens with zero attached hydrogens (tertiary/aromatic N) is 1. The minimum atomic E-state index is -3.40. The van der Waals surface area contributed by atoms with E-state index in [4.69, 9.17) is 4.74 Å². The van der Waals surface area contributed by atoms with Crippen LogP contribution in [0.4, 0.5) is 0 Å². The third-order valence-electron chi connectivity index (χ3n) is 6.14. The maximum atomic E-state index is 13.0. The van der Waals surface area contributed by atoms with Gasteiger partial charge < -0.3 is 9.64 Å². The number of nitrogens with one attached hydrogen (secondary N) is 1. The van der Waals surface area contributed by atoms with Crippen molar-refractivity contribution in [3.8, 4) is 11.1 Å². The molecule has 182 valence electrons. The molecule has 0 aromatic heterocycles. The smallest absolute Gasteiger partial charge is 0.225 e. The first-order valence-corrected chi connectivity index (χ1v) is 13.3. The third kappa shape index (κ3) is 6.65. The Balaban J connectivity index is 1.84. The second-order valence-electron chi connectivity index (χ2n) is 8.38. The zero-order valence-electron chi connectivity index (χ0n) is 19.8. The molecule has 0 radical (unpaired) electrons. The highest BCUT2D eigenvalue weighted by Gasteiger charge is 2.38. The zero-order valence-corrected chi connectivity index (χ0v) is 20.6. The van der Waals surface area contributed by atoms with Crippen molar-refractivity contribution in [2.45, 2.75) is 38.3 Å². The Morgan fingerprint density at radius 3 is 2.74 bits per heavy atom. The van der Waals surface area contributed by atoms with Gasteiger partial charge in [-0.2, -0.15) is 0 Å². The largest absolute Gasteiger partial charge is 0.377 e. The van der Waals surface area contributed by atoms with Gasteiger partial charge in [0.2, 0.25) is 15.9 Å². The highest BCUT2D eigenvalue weighted by atomic mass is 32.2. The van der Waals surface area contributed by atoms with E-state index in [1.54, 1.807) is 13.0 Å². The Labute approximate surface area is 203 Å². The quantitative estimate of drug-likeness (QED) is 0.366. The second-order valence-corrected chi connectivity index (χ2v) is 10.4. The first kappa shape index (κ1) is 25.9. The van der Waals surface area contributed by atoms with Crippen molar-refractivity contribution in [1.29, 1.82) is 0 Å². The highest BCUT2D eigenvalue weighted by Crippen LogP contribution is 2.28. The number of sulfonamides is 1. The Hall–Kier alpha value is -2.74. The Bertz CT molecular complexity index is 1110. The van der Waals surface area contributed by atoms with Crippen molar-refractivity contribution in [3.05, 3.63) is 78.9 Å². The van der Waals surface area contributed by atoms with Crippen LogP contribution >= 0.6 is 0 Å². The van der Waals surface area contributed by atoms with E-state index in [1.165, 1.54) is 0 Å². The van der Waals surface area contributed by atoms with E-state index in [1.807, 2.05) is 41.3 Å². The van der Waals surface area contributed by atoms with Crippen LogP contribution in [0, 0.1) is 0 Å². The van der Waals surface area contributed by atoms with Gasteiger partial charge in [0.05, 0.1) is 31.4 Å². The Morgan fingerprint density at radius 1 is 1.21 bits per heavy atom. The molecule has 2 aromatic rings. The van der Waals surface area contributed by atoms with Crippen LogP contribution in [0.1, 0.15) is 30.9 Å². The number of benzene rings is 2. The molecule has 1 heterocycles. The van der Waals surface area contributed by atoms with Crippen molar-refractivity contribution in [1.82, 2.24) is 9.62 Å². The second kappa shape index (κ2) is 12.1. The van der Waals surface area contributed by atoms with Crippen LogP contribution in [0.3, 0.4) is 0 Å². The monoisotopic (exact) mass is 482 g/mol. The molecule has 0 bridgehead atoms. The maximum absolute atomic E-state index is 13.0. The first-order valence-electron chi connectivity index (χ1n) is 11.7. The Kier molecular flexibility index (Phi) is 9.21. The van der Waals surface area contributed by atoms with Crippen molar-refractivity contribution >= 4 is 22.0 Å². The molecule has 6 nitrogen and oxygen atoms in total. The molecule has 3 rings (SSSR count). The van der Waals surface area contributed by atoms with Gasteiger partial charge in [0, 0.05) is 12.6 Å². The lowest BCUT2D eigenvalue weighted by Crippen LogP contribution is -2.48. The predicted octanol–water partition coefficient (Wildman–Crippen LogP) is 4.04. The molecule has 34 heavy (non-hydrogen) atoms. The molecule has 7 heteroatoms. The lowest BCUT2D eigenvalue weighted by atomic mass is 9.94. The van der Waals surface area contributed by atoms with Crippen LogP contribution in [0.25, 0.3) is 17.2 Å². The molecular formula is C27H34N2O4S. The minimum absolute atomic E-state index is 0.00732. The summed E-state index contributed by atoms with van der Waals surface area (Å²) in [5.41, 5.74) is 4.24. The topological polar surface area (TPSA) is 75.7 Å². The van der Waals surface area contributed by atoms with Gasteiger partial charge in [-0.1, -0.05) is 67.3 Å². The summed E-state index contributed by atoms with van der Waals surface area (Å²) in [6, 6.07) is 15.7. The Morgan fingerprint density at radius 2 is 2.00 bits per heavy atom. The lowest BCUT2D eigenvalue weighted by Gasteiger charge is -2.29. The predicted molar refractivity (Wildman–Crippen MR) is 138 cm³/mol. The number of carbonyl (C=O) groups is 1. The molecule has 1 amide bonds. The number of carbonyl (C=O) groups excluding carboxylic acids is 1. The van der Waals surface area contributed by atoms with E-state index in [-0.39, 0.29) is 30.2 Å². The molecule has 2 atom stereocenters. The highest BCUT2D eigenvalue weighted by molar-refractivity contribution is 7.89. The van der Waals surface area contributed by atoms with Gasteiger partial charge in [0.25, 0.3) is 0 Å². The molecule has 1 aliphatic heterocycles. The van der Waals surface area contributed by atoms with Gasteiger partial charge in [-0.25, -0.2) is 13.1 Å². The molecule has 0 aliphatic carbocycles. The molecular weight excluding hydrogens is 448 g/mol. The minimum Gasteiger partial charge on any atom is -0.377 e. The number of ether oxygens (including phenoxy) is 1. The molecule has 2 unspecified atom stereocenters. The summed E-state index contributed by atoms with van der Waals surface area (Å²) in [6.45, 7) is 10.4. The van der Waals surface area contributed by atoms with Gasteiger partial charge in [-0.05, 0) is 42.0 Å². The van der Waals surface area contributed by atoms with E-state index < -0.39 is 10.0 Å². The summed E-state index contributed by atoms with van der Waals surface area (Å²) in [6.07, 6.45) is 4.88. The average Bonchev–Trinajstić information content (AvgIpc) is 3.23.